The predicted molar refractivity (Wildman–Crippen MR) is 113 cm³/mol. The standard InChI is InChI=1S/C24H20N2O3/c1-16-7-9-17(10-8-16)22-15-25-24(29-22)21-6-4-3-5-20(21)23(27)26-18-11-13-19(28-2)14-12-18/h3-15H,1-2H3,(H,26,27). The quantitative estimate of drug-likeness (QED) is 0.488. The number of methoxy groups -OCH3 is 1. The fraction of sp³-hybridized carbons (Fsp3) is 0.0833. The number of rotatable bonds is 5. The van der Waals surface area contributed by atoms with Crippen LogP contribution in [0.5, 0.6) is 5.75 Å². The highest BCUT2D eigenvalue weighted by atomic mass is 16.5. The van der Waals surface area contributed by atoms with E-state index in [1.807, 2.05) is 49.4 Å². The number of carbonyl (C=O) groups excluding carboxylic acids is 1. The largest absolute Gasteiger partial charge is 0.497 e. The van der Waals surface area contributed by atoms with Crippen LogP contribution in [-0.4, -0.2) is 18.0 Å². The van der Waals surface area contributed by atoms with Crippen LogP contribution < -0.4 is 10.1 Å². The van der Waals surface area contributed by atoms with Gasteiger partial charge >= 0.3 is 0 Å². The normalized spacial score (nSPS) is 10.6. The van der Waals surface area contributed by atoms with E-state index in [2.05, 4.69) is 10.3 Å². The molecule has 144 valence electrons. The van der Waals surface area contributed by atoms with Crippen molar-refractivity contribution in [3.8, 4) is 28.5 Å². The molecule has 1 N–H and O–H groups in total. The Labute approximate surface area is 169 Å². The van der Waals surface area contributed by atoms with Crippen LogP contribution in [-0.2, 0) is 0 Å². The summed E-state index contributed by atoms with van der Waals surface area (Å²) in [4.78, 5) is 17.3. The Balaban J connectivity index is 1.61. The van der Waals surface area contributed by atoms with Crippen LogP contribution in [0.25, 0.3) is 22.8 Å². The molecule has 4 rings (SSSR count). The van der Waals surface area contributed by atoms with Gasteiger partial charge in [-0.3, -0.25) is 4.79 Å². The SMILES string of the molecule is COc1ccc(NC(=O)c2ccccc2-c2ncc(-c3ccc(C)cc3)o2)cc1. The summed E-state index contributed by atoms with van der Waals surface area (Å²) in [5, 5.41) is 2.90. The first-order valence-corrected chi connectivity index (χ1v) is 9.22. The minimum absolute atomic E-state index is 0.235. The van der Waals surface area contributed by atoms with E-state index in [1.54, 1.807) is 43.6 Å². The monoisotopic (exact) mass is 384 g/mol. The third-order valence-electron chi connectivity index (χ3n) is 4.59. The van der Waals surface area contributed by atoms with E-state index < -0.39 is 0 Å². The summed E-state index contributed by atoms with van der Waals surface area (Å²) in [6.45, 7) is 2.03. The minimum Gasteiger partial charge on any atom is -0.497 e. The van der Waals surface area contributed by atoms with Crippen LogP contribution in [0, 0.1) is 6.92 Å². The fourth-order valence-corrected chi connectivity index (χ4v) is 2.99. The number of amides is 1. The Morgan fingerprint density at radius 2 is 1.69 bits per heavy atom. The van der Waals surface area contributed by atoms with Crippen molar-refractivity contribution in [2.45, 2.75) is 6.92 Å². The van der Waals surface area contributed by atoms with Gasteiger partial charge in [-0.1, -0.05) is 42.0 Å². The van der Waals surface area contributed by atoms with E-state index in [-0.39, 0.29) is 5.91 Å². The Bertz CT molecular complexity index is 1130. The molecule has 0 spiro atoms. The van der Waals surface area contributed by atoms with Gasteiger partial charge < -0.3 is 14.5 Å². The highest BCUT2D eigenvalue weighted by Gasteiger charge is 2.17. The Morgan fingerprint density at radius 1 is 0.966 bits per heavy atom. The molecule has 0 saturated carbocycles. The molecule has 5 heteroatoms. The van der Waals surface area contributed by atoms with Crippen LogP contribution in [0.2, 0.25) is 0 Å². The lowest BCUT2D eigenvalue weighted by atomic mass is 10.1. The molecular weight excluding hydrogens is 364 g/mol. The van der Waals surface area contributed by atoms with E-state index in [4.69, 9.17) is 9.15 Å². The van der Waals surface area contributed by atoms with Crippen molar-refractivity contribution in [2.24, 2.45) is 0 Å². The molecule has 0 bridgehead atoms. The second-order valence-corrected chi connectivity index (χ2v) is 6.62. The van der Waals surface area contributed by atoms with Crippen molar-refractivity contribution >= 4 is 11.6 Å². The summed E-state index contributed by atoms with van der Waals surface area (Å²) in [6, 6.07) is 22.4. The number of hydrogen-bond donors (Lipinski definition) is 1. The first kappa shape index (κ1) is 18.5. The van der Waals surface area contributed by atoms with Gasteiger partial charge in [-0.15, -0.1) is 0 Å². The van der Waals surface area contributed by atoms with E-state index in [0.717, 1.165) is 11.3 Å². The first-order valence-electron chi connectivity index (χ1n) is 9.22. The van der Waals surface area contributed by atoms with Gasteiger partial charge in [0.15, 0.2) is 5.76 Å². The molecule has 0 atom stereocenters. The van der Waals surface area contributed by atoms with Gasteiger partial charge in [0.05, 0.1) is 18.9 Å². The smallest absolute Gasteiger partial charge is 0.256 e. The van der Waals surface area contributed by atoms with Crippen molar-refractivity contribution in [2.75, 3.05) is 12.4 Å². The van der Waals surface area contributed by atoms with Crippen molar-refractivity contribution < 1.29 is 13.9 Å². The molecule has 1 heterocycles. The molecule has 5 nitrogen and oxygen atoms in total. The Hall–Kier alpha value is -3.86. The molecule has 0 saturated heterocycles. The summed E-state index contributed by atoms with van der Waals surface area (Å²) >= 11 is 0. The molecule has 1 amide bonds. The van der Waals surface area contributed by atoms with E-state index in [0.29, 0.717) is 28.5 Å². The van der Waals surface area contributed by atoms with Crippen molar-refractivity contribution in [1.29, 1.82) is 0 Å². The third kappa shape index (κ3) is 4.04. The predicted octanol–water partition coefficient (Wildman–Crippen LogP) is 5.58. The Kier molecular flexibility index (Phi) is 5.12. The zero-order valence-electron chi connectivity index (χ0n) is 16.2. The Morgan fingerprint density at radius 3 is 2.41 bits per heavy atom. The second kappa shape index (κ2) is 8.02. The third-order valence-corrected chi connectivity index (χ3v) is 4.59. The van der Waals surface area contributed by atoms with Gasteiger partial charge in [0.25, 0.3) is 5.91 Å². The number of nitrogens with zero attached hydrogens (tertiary/aromatic N) is 1. The number of oxazole rings is 1. The van der Waals surface area contributed by atoms with Crippen molar-refractivity contribution in [1.82, 2.24) is 4.98 Å². The average molecular weight is 384 g/mol. The zero-order valence-corrected chi connectivity index (χ0v) is 16.2. The van der Waals surface area contributed by atoms with Crippen LogP contribution >= 0.6 is 0 Å². The maximum absolute atomic E-state index is 12.9. The minimum atomic E-state index is -0.235. The highest BCUT2D eigenvalue weighted by Crippen LogP contribution is 2.29. The molecule has 0 aliphatic heterocycles. The summed E-state index contributed by atoms with van der Waals surface area (Å²) in [7, 11) is 1.60. The summed E-state index contributed by atoms with van der Waals surface area (Å²) in [6.07, 6.45) is 1.68. The lowest BCUT2D eigenvalue weighted by molar-refractivity contribution is 0.102. The number of anilines is 1. The average Bonchev–Trinajstić information content (AvgIpc) is 3.25. The van der Waals surface area contributed by atoms with Crippen molar-refractivity contribution in [3.63, 3.8) is 0 Å². The summed E-state index contributed by atoms with van der Waals surface area (Å²) < 4.78 is 11.1. The van der Waals surface area contributed by atoms with Crippen molar-refractivity contribution in [3.05, 3.63) is 90.1 Å². The second-order valence-electron chi connectivity index (χ2n) is 6.62. The molecule has 0 aliphatic rings. The maximum atomic E-state index is 12.9. The number of carbonyl (C=O) groups is 1. The van der Waals surface area contributed by atoms with Crippen LogP contribution in [0.4, 0.5) is 5.69 Å². The van der Waals surface area contributed by atoms with E-state index in [9.17, 15) is 4.79 Å². The molecule has 0 fully saturated rings. The number of ether oxygens (including phenoxy) is 1. The summed E-state index contributed by atoms with van der Waals surface area (Å²) in [5.41, 5.74) is 3.92. The van der Waals surface area contributed by atoms with Gasteiger partial charge in [0.2, 0.25) is 5.89 Å². The molecule has 29 heavy (non-hydrogen) atoms. The van der Waals surface area contributed by atoms with Gasteiger partial charge in [-0.25, -0.2) is 4.98 Å². The lowest BCUT2D eigenvalue weighted by Crippen LogP contribution is -2.13. The molecular formula is C24H20N2O3. The van der Waals surface area contributed by atoms with E-state index in [1.165, 1.54) is 5.56 Å². The number of aryl methyl sites for hydroxylation is 1. The van der Waals surface area contributed by atoms with Gasteiger partial charge in [-0.2, -0.15) is 0 Å². The topological polar surface area (TPSA) is 64.4 Å². The molecule has 0 radical (unpaired) electrons. The lowest BCUT2D eigenvalue weighted by Gasteiger charge is -2.09. The number of hydrogen-bond acceptors (Lipinski definition) is 4. The van der Waals surface area contributed by atoms with Crippen LogP contribution in [0.3, 0.4) is 0 Å². The summed E-state index contributed by atoms with van der Waals surface area (Å²) in [5.74, 6) is 1.55. The van der Waals surface area contributed by atoms with Gasteiger partial charge in [-0.05, 0) is 43.3 Å². The fourth-order valence-electron chi connectivity index (χ4n) is 2.99. The molecule has 1 aromatic heterocycles. The molecule has 0 aliphatic carbocycles. The van der Waals surface area contributed by atoms with Gasteiger partial charge in [0, 0.05) is 16.8 Å². The number of aromatic nitrogens is 1. The maximum Gasteiger partial charge on any atom is 0.256 e. The molecule has 3 aromatic carbocycles. The van der Waals surface area contributed by atoms with Crippen LogP contribution in [0.1, 0.15) is 15.9 Å². The first-order chi connectivity index (χ1) is 14.1. The highest BCUT2D eigenvalue weighted by molar-refractivity contribution is 6.08. The van der Waals surface area contributed by atoms with E-state index >= 15 is 0 Å². The molecule has 0 unspecified atom stereocenters. The zero-order chi connectivity index (χ0) is 20.2. The van der Waals surface area contributed by atoms with Gasteiger partial charge in [0.1, 0.15) is 5.75 Å². The number of benzene rings is 3. The van der Waals surface area contributed by atoms with Crippen LogP contribution in [0.15, 0.2) is 83.4 Å². The number of nitrogens with one attached hydrogen (secondary N) is 1. The molecule has 4 aromatic rings.